The first-order chi connectivity index (χ1) is 14.4. The molecule has 2 aromatic carbocycles. The van der Waals surface area contributed by atoms with Crippen LogP contribution >= 0.6 is 11.8 Å². The SMILES string of the molecule is Cc1ccc(N=C2NC(=O)/C(=C\c3ccc(-c4ccccc4C(=O)O)o3)S2)cc1C. The van der Waals surface area contributed by atoms with Crippen LogP contribution in [0.5, 0.6) is 0 Å². The van der Waals surface area contributed by atoms with Crippen LogP contribution in [0.3, 0.4) is 0 Å². The molecule has 0 saturated carbocycles. The van der Waals surface area contributed by atoms with Crippen molar-refractivity contribution in [2.75, 3.05) is 0 Å². The predicted molar refractivity (Wildman–Crippen MR) is 118 cm³/mol. The van der Waals surface area contributed by atoms with E-state index in [0.29, 0.717) is 27.2 Å². The molecule has 1 aromatic heterocycles. The van der Waals surface area contributed by atoms with Gasteiger partial charge in [0.2, 0.25) is 0 Å². The fraction of sp³-hybridized carbons (Fsp3) is 0.0870. The van der Waals surface area contributed by atoms with Gasteiger partial charge in [0.1, 0.15) is 11.5 Å². The van der Waals surface area contributed by atoms with E-state index in [0.717, 1.165) is 11.3 Å². The Morgan fingerprint density at radius 3 is 2.67 bits per heavy atom. The van der Waals surface area contributed by atoms with E-state index < -0.39 is 5.97 Å². The summed E-state index contributed by atoms with van der Waals surface area (Å²) in [5.41, 5.74) is 3.72. The monoisotopic (exact) mass is 418 g/mol. The minimum absolute atomic E-state index is 0.154. The van der Waals surface area contributed by atoms with Gasteiger partial charge in [-0.3, -0.25) is 4.79 Å². The summed E-state index contributed by atoms with van der Waals surface area (Å²) in [7, 11) is 0. The third-order valence-corrected chi connectivity index (χ3v) is 5.60. The zero-order valence-electron chi connectivity index (χ0n) is 16.3. The molecule has 3 aromatic rings. The van der Waals surface area contributed by atoms with Gasteiger partial charge in [0, 0.05) is 11.6 Å². The number of carboxylic acids is 1. The van der Waals surface area contributed by atoms with E-state index in [2.05, 4.69) is 10.3 Å². The summed E-state index contributed by atoms with van der Waals surface area (Å²) >= 11 is 1.23. The zero-order chi connectivity index (χ0) is 21.3. The number of benzene rings is 2. The van der Waals surface area contributed by atoms with E-state index in [9.17, 15) is 14.7 Å². The summed E-state index contributed by atoms with van der Waals surface area (Å²) in [6.45, 7) is 4.05. The van der Waals surface area contributed by atoms with Crippen molar-refractivity contribution in [3.63, 3.8) is 0 Å². The lowest BCUT2D eigenvalue weighted by molar-refractivity contribution is -0.115. The number of hydrogen-bond acceptors (Lipinski definition) is 5. The molecule has 1 saturated heterocycles. The number of aromatic carboxylic acids is 1. The highest BCUT2D eigenvalue weighted by Crippen LogP contribution is 2.31. The Labute approximate surface area is 177 Å². The Balaban J connectivity index is 1.58. The van der Waals surface area contributed by atoms with E-state index in [4.69, 9.17) is 4.42 Å². The van der Waals surface area contributed by atoms with Crippen LogP contribution < -0.4 is 5.32 Å². The molecule has 30 heavy (non-hydrogen) atoms. The van der Waals surface area contributed by atoms with Gasteiger partial charge in [0.05, 0.1) is 16.2 Å². The van der Waals surface area contributed by atoms with Gasteiger partial charge in [-0.25, -0.2) is 9.79 Å². The first-order valence-corrected chi connectivity index (χ1v) is 10.0. The maximum absolute atomic E-state index is 12.3. The number of carbonyl (C=O) groups excluding carboxylic acids is 1. The molecule has 0 radical (unpaired) electrons. The van der Waals surface area contributed by atoms with Crippen molar-refractivity contribution in [3.05, 3.63) is 82.0 Å². The van der Waals surface area contributed by atoms with Gasteiger partial charge in [0.15, 0.2) is 5.17 Å². The third kappa shape index (κ3) is 4.06. The highest BCUT2D eigenvalue weighted by Gasteiger charge is 2.24. The lowest BCUT2D eigenvalue weighted by Gasteiger charge is -2.02. The van der Waals surface area contributed by atoms with Crippen LogP contribution in [0.1, 0.15) is 27.2 Å². The standard InChI is InChI=1S/C23H18N2O4S/c1-13-7-8-15(11-14(13)2)24-23-25-21(26)20(30-23)12-16-9-10-19(29-16)17-5-3-4-6-18(17)22(27)28/h3-12H,1-2H3,(H,27,28)(H,24,25,26)/b20-12+. The van der Waals surface area contributed by atoms with Crippen LogP contribution in [0.25, 0.3) is 17.4 Å². The molecule has 4 rings (SSSR count). The maximum atomic E-state index is 12.3. The second-order valence-electron chi connectivity index (χ2n) is 6.80. The molecule has 0 aliphatic carbocycles. The number of rotatable bonds is 4. The molecular formula is C23H18N2O4S. The molecule has 1 aliphatic heterocycles. The zero-order valence-corrected chi connectivity index (χ0v) is 17.1. The van der Waals surface area contributed by atoms with Crippen LogP contribution in [-0.2, 0) is 4.79 Å². The van der Waals surface area contributed by atoms with Crippen molar-refractivity contribution in [1.82, 2.24) is 5.32 Å². The number of carboxylic acid groups (broad SMARTS) is 1. The molecule has 7 heteroatoms. The number of nitrogens with one attached hydrogen (secondary N) is 1. The Kier molecular flexibility index (Phi) is 5.29. The molecule has 0 unspecified atom stereocenters. The average molecular weight is 418 g/mol. The van der Waals surface area contributed by atoms with Gasteiger partial charge < -0.3 is 14.8 Å². The largest absolute Gasteiger partial charge is 0.478 e. The lowest BCUT2D eigenvalue weighted by Crippen LogP contribution is -2.19. The van der Waals surface area contributed by atoms with Gasteiger partial charge >= 0.3 is 5.97 Å². The smallest absolute Gasteiger partial charge is 0.336 e. The quantitative estimate of drug-likeness (QED) is 0.572. The summed E-state index contributed by atoms with van der Waals surface area (Å²) < 4.78 is 5.78. The number of thioether (sulfide) groups is 1. The second kappa shape index (κ2) is 8.04. The van der Waals surface area contributed by atoms with Gasteiger partial charge in [-0.2, -0.15) is 0 Å². The molecule has 1 fully saturated rings. The maximum Gasteiger partial charge on any atom is 0.336 e. The molecular weight excluding hydrogens is 400 g/mol. The van der Waals surface area contributed by atoms with E-state index in [-0.39, 0.29) is 11.5 Å². The number of furan rings is 1. The molecule has 0 bridgehead atoms. The van der Waals surface area contributed by atoms with Gasteiger partial charge in [-0.05, 0) is 67.1 Å². The highest BCUT2D eigenvalue weighted by molar-refractivity contribution is 8.18. The molecule has 2 heterocycles. The average Bonchev–Trinajstić information content (AvgIpc) is 3.31. The van der Waals surface area contributed by atoms with Crippen LogP contribution in [0, 0.1) is 13.8 Å². The summed E-state index contributed by atoms with van der Waals surface area (Å²) in [5.74, 6) is -0.408. The van der Waals surface area contributed by atoms with Gasteiger partial charge in [0.25, 0.3) is 5.91 Å². The van der Waals surface area contributed by atoms with E-state index in [1.807, 2.05) is 32.0 Å². The number of amidine groups is 1. The Morgan fingerprint density at radius 2 is 1.90 bits per heavy atom. The highest BCUT2D eigenvalue weighted by atomic mass is 32.2. The van der Waals surface area contributed by atoms with E-state index >= 15 is 0 Å². The predicted octanol–water partition coefficient (Wildman–Crippen LogP) is 5.15. The summed E-state index contributed by atoms with van der Waals surface area (Å²) in [6, 6.07) is 15.9. The van der Waals surface area contributed by atoms with Gasteiger partial charge in [-0.15, -0.1) is 0 Å². The minimum Gasteiger partial charge on any atom is -0.478 e. The lowest BCUT2D eigenvalue weighted by atomic mass is 10.1. The first kappa shape index (κ1) is 19.7. The molecule has 6 nitrogen and oxygen atoms in total. The third-order valence-electron chi connectivity index (χ3n) is 4.70. The molecule has 1 amide bonds. The van der Waals surface area contributed by atoms with Crippen molar-refractivity contribution >= 4 is 40.6 Å². The fourth-order valence-electron chi connectivity index (χ4n) is 2.98. The van der Waals surface area contributed by atoms with Crippen molar-refractivity contribution in [2.24, 2.45) is 4.99 Å². The Hall–Kier alpha value is -3.58. The van der Waals surface area contributed by atoms with Crippen LogP contribution in [0.15, 0.2) is 68.9 Å². The fourth-order valence-corrected chi connectivity index (χ4v) is 3.80. The number of aryl methyl sites for hydroxylation is 2. The first-order valence-electron chi connectivity index (χ1n) is 9.20. The molecule has 2 N–H and O–H groups in total. The molecule has 0 spiro atoms. The van der Waals surface area contributed by atoms with Crippen molar-refractivity contribution in [3.8, 4) is 11.3 Å². The van der Waals surface area contributed by atoms with Crippen molar-refractivity contribution in [2.45, 2.75) is 13.8 Å². The number of hydrogen-bond donors (Lipinski definition) is 2. The van der Waals surface area contributed by atoms with Crippen molar-refractivity contribution < 1.29 is 19.1 Å². The van der Waals surface area contributed by atoms with Crippen LogP contribution in [-0.4, -0.2) is 22.2 Å². The number of amides is 1. The summed E-state index contributed by atoms with van der Waals surface area (Å²) in [6.07, 6.45) is 1.62. The minimum atomic E-state index is -1.03. The normalized spacial score (nSPS) is 16.3. The van der Waals surface area contributed by atoms with Crippen LogP contribution in [0.2, 0.25) is 0 Å². The van der Waals surface area contributed by atoms with E-state index in [1.165, 1.54) is 23.4 Å². The molecule has 150 valence electrons. The van der Waals surface area contributed by atoms with Crippen molar-refractivity contribution in [1.29, 1.82) is 0 Å². The van der Waals surface area contributed by atoms with Crippen LogP contribution in [0.4, 0.5) is 5.69 Å². The molecule has 1 aliphatic rings. The second-order valence-corrected chi connectivity index (χ2v) is 7.83. The summed E-state index contributed by atoms with van der Waals surface area (Å²) in [5, 5.41) is 12.6. The molecule has 0 atom stereocenters. The Bertz CT molecular complexity index is 1220. The number of nitrogens with zero attached hydrogens (tertiary/aromatic N) is 1. The number of aliphatic imine (C=N–C) groups is 1. The van der Waals surface area contributed by atoms with Gasteiger partial charge in [-0.1, -0.05) is 24.3 Å². The topological polar surface area (TPSA) is 91.9 Å². The summed E-state index contributed by atoms with van der Waals surface area (Å²) in [4.78, 5) is 28.7. The Morgan fingerprint density at radius 1 is 1.10 bits per heavy atom. The number of carbonyl (C=O) groups is 2. The van der Waals surface area contributed by atoms with E-state index in [1.54, 1.807) is 36.4 Å².